The van der Waals surface area contributed by atoms with Gasteiger partial charge in [0.15, 0.2) is 0 Å². The van der Waals surface area contributed by atoms with Crippen molar-refractivity contribution in [3.63, 3.8) is 0 Å². The molecule has 17 heteroatoms. The summed E-state index contributed by atoms with van der Waals surface area (Å²) in [5, 5.41) is 11.6. The Morgan fingerprint density at radius 3 is 1.98 bits per heavy atom. The van der Waals surface area contributed by atoms with E-state index in [1.807, 2.05) is 30.4 Å². The highest BCUT2D eigenvalue weighted by molar-refractivity contribution is 5.42. The maximum Gasteiger partial charge on any atom is 0.416 e. The Hall–Kier alpha value is -4.15. The second-order valence-electron chi connectivity index (χ2n) is 10.8. The third-order valence-corrected chi connectivity index (χ3v) is 7.53. The molecule has 2 aromatic carbocycles. The maximum absolute atomic E-state index is 13.9. The van der Waals surface area contributed by atoms with E-state index in [-0.39, 0.29) is 24.1 Å². The van der Waals surface area contributed by atoms with Gasteiger partial charge >= 0.3 is 18.5 Å². The fourth-order valence-electron chi connectivity index (χ4n) is 5.21. The number of nitrogens with zero attached hydrogens (tertiary/aromatic N) is 8. The molecule has 0 aliphatic heterocycles. The highest BCUT2D eigenvalue weighted by atomic mass is 19.4. The van der Waals surface area contributed by atoms with Gasteiger partial charge < -0.3 is 9.47 Å². The maximum atomic E-state index is 13.9. The number of hydrogen-bond acceptors (Lipinski definition) is 6. The molecule has 0 aliphatic carbocycles. The summed E-state index contributed by atoms with van der Waals surface area (Å²) < 4.78 is 125. The summed E-state index contributed by atoms with van der Waals surface area (Å²) in [6.07, 6.45) is -11.0. The second kappa shape index (κ2) is 13.3. The highest BCUT2D eigenvalue weighted by Crippen LogP contribution is 2.38. The van der Waals surface area contributed by atoms with Gasteiger partial charge in [0.25, 0.3) is 5.95 Å². The molecule has 0 saturated heterocycles. The summed E-state index contributed by atoms with van der Waals surface area (Å²) in [5.41, 5.74) is -3.78. The quantitative estimate of drug-likeness (QED) is 0.160. The Morgan fingerprint density at radius 1 is 0.848 bits per heavy atom. The molecule has 0 aliphatic rings. The van der Waals surface area contributed by atoms with Crippen LogP contribution in [-0.4, -0.2) is 48.3 Å². The highest BCUT2D eigenvalue weighted by Gasteiger charge is 2.37. The molecule has 2 heterocycles. The minimum absolute atomic E-state index is 0.00624. The van der Waals surface area contributed by atoms with Crippen molar-refractivity contribution in [2.45, 2.75) is 64.5 Å². The van der Waals surface area contributed by atoms with Crippen LogP contribution in [0.25, 0.3) is 0 Å². The van der Waals surface area contributed by atoms with Gasteiger partial charge in [0, 0.05) is 44.6 Å². The Kier molecular flexibility index (Phi) is 10.0. The van der Waals surface area contributed by atoms with E-state index in [4.69, 9.17) is 0 Å². The summed E-state index contributed by atoms with van der Waals surface area (Å²) >= 11 is 0. The molecule has 2 aromatic heterocycles. The zero-order chi connectivity index (χ0) is 34.0. The van der Waals surface area contributed by atoms with Crippen LogP contribution in [0.2, 0.25) is 0 Å². The summed E-state index contributed by atoms with van der Waals surface area (Å²) in [7, 11) is 3.20. The van der Waals surface area contributed by atoms with Crippen LogP contribution in [0, 0.1) is 6.92 Å². The van der Waals surface area contributed by atoms with Crippen LogP contribution in [0.3, 0.4) is 0 Å². The normalized spacial score (nSPS) is 13.4. The van der Waals surface area contributed by atoms with Crippen molar-refractivity contribution >= 4 is 5.95 Å². The SMILES string of the molecule is CCC(c1ccc(C(F)(F)F)cc1CN(Cc1cc(C(F)(F)F)cc(C(F)(F)F)c1)c1nnn(C)n1)N(C)CCn1ccnc1C. The minimum Gasteiger partial charge on any atom is -0.334 e. The van der Waals surface area contributed by atoms with Gasteiger partial charge in [-0.05, 0) is 72.6 Å². The number of likely N-dealkylation sites (N-methyl/N-ethyl adjacent to an activating group) is 1. The third-order valence-electron chi connectivity index (χ3n) is 7.53. The lowest BCUT2D eigenvalue weighted by Crippen LogP contribution is -2.30. The Balaban J connectivity index is 1.77. The van der Waals surface area contributed by atoms with E-state index in [0.717, 1.165) is 22.8 Å². The number of aryl methyl sites for hydroxylation is 2. The van der Waals surface area contributed by atoms with Crippen molar-refractivity contribution in [1.82, 2.24) is 34.7 Å². The van der Waals surface area contributed by atoms with Crippen molar-refractivity contribution in [2.24, 2.45) is 7.05 Å². The van der Waals surface area contributed by atoms with Crippen LogP contribution >= 0.6 is 0 Å². The summed E-state index contributed by atoms with van der Waals surface area (Å²) in [6, 6.07) is 3.96. The molecule has 8 nitrogen and oxygen atoms in total. The van der Waals surface area contributed by atoms with E-state index in [0.29, 0.717) is 37.2 Å². The monoisotopic (exact) mass is 662 g/mol. The summed E-state index contributed by atoms with van der Waals surface area (Å²) in [4.78, 5) is 8.36. The topological polar surface area (TPSA) is 67.9 Å². The number of aromatic nitrogens is 6. The summed E-state index contributed by atoms with van der Waals surface area (Å²) in [5.74, 6) is 0.584. The molecule has 0 fully saturated rings. The first-order valence-electron chi connectivity index (χ1n) is 14.0. The molecule has 0 saturated carbocycles. The predicted octanol–water partition coefficient (Wildman–Crippen LogP) is 7.06. The minimum atomic E-state index is -5.09. The number of imidazole rings is 1. The van der Waals surface area contributed by atoms with Gasteiger partial charge in [-0.2, -0.15) is 44.3 Å². The number of benzene rings is 2. The van der Waals surface area contributed by atoms with Crippen LogP contribution in [0.4, 0.5) is 45.5 Å². The van der Waals surface area contributed by atoms with Crippen LogP contribution in [0.15, 0.2) is 48.8 Å². The van der Waals surface area contributed by atoms with E-state index in [2.05, 4.69) is 20.4 Å². The van der Waals surface area contributed by atoms with Gasteiger partial charge in [-0.1, -0.05) is 18.1 Å². The van der Waals surface area contributed by atoms with Gasteiger partial charge in [-0.15, -0.1) is 5.10 Å². The molecular weight excluding hydrogens is 631 g/mol. The Labute approximate surface area is 258 Å². The Bertz CT molecular complexity index is 1590. The van der Waals surface area contributed by atoms with Crippen molar-refractivity contribution in [2.75, 3.05) is 18.5 Å². The smallest absolute Gasteiger partial charge is 0.334 e. The molecule has 4 aromatic rings. The zero-order valence-corrected chi connectivity index (χ0v) is 25.2. The molecule has 0 spiro atoms. The van der Waals surface area contributed by atoms with Crippen LogP contribution in [-0.2, 0) is 45.2 Å². The third kappa shape index (κ3) is 8.35. The van der Waals surface area contributed by atoms with Crippen molar-refractivity contribution in [3.8, 4) is 0 Å². The molecule has 0 bridgehead atoms. The number of halogens is 9. The molecule has 1 unspecified atom stereocenters. The van der Waals surface area contributed by atoms with Crippen LogP contribution in [0.5, 0.6) is 0 Å². The number of rotatable bonds is 11. The molecule has 1 atom stereocenters. The molecule has 250 valence electrons. The molecule has 4 rings (SSSR count). The zero-order valence-electron chi connectivity index (χ0n) is 25.2. The van der Waals surface area contributed by atoms with Gasteiger partial charge in [0.2, 0.25) is 0 Å². The fourth-order valence-corrected chi connectivity index (χ4v) is 5.21. The molecule has 0 amide bonds. The second-order valence-corrected chi connectivity index (χ2v) is 10.8. The first-order chi connectivity index (χ1) is 21.4. The molecule has 0 radical (unpaired) electrons. The van der Waals surface area contributed by atoms with E-state index < -0.39 is 53.4 Å². The van der Waals surface area contributed by atoms with E-state index in [1.54, 1.807) is 12.4 Å². The average Bonchev–Trinajstić information content (AvgIpc) is 3.58. The predicted molar refractivity (Wildman–Crippen MR) is 149 cm³/mol. The number of alkyl halides is 9. The lowest BCUT2D eigenvalue weighted by molar-refractivity contribution is -0.143. The summed E-state index contributed by atoms with van der Waals surface area (Å²) in [6.45, 7) is 3.75. The number of hydrogen-bond donors (Lipinski definition) is 0. The first-order valence-corrected chi connectivity index (χ1v) is 14.0. The lowest BCUT2D eigenvalue weighted by atomic mass is 9.94. The standard InChI is InChI=1S/C29H31F9N8/c1-5-25(43(3)10-11-45-9-8-39-18(45)2)24-7-6-21(27(30,31)32)14-20(24)17-46(26-40-42-44(4)41-26)16-19-12-22(28(33,34)35)15-23(13-19)29(36,37)38/h6-9,12-15,25H,5,10-11,16-17H2,1-4H3. The lowest BCUT2D eigenvalue weighted by Gasteiger charge is -2.31. The van der Waals surface area contributed by atoms with Crippen molar-refractivity contribution < 1.29 is 39.5 Å². The largest absolute Gasteiger partial charge is 0.416 e. The molecular formula is C29H31F9N8. The van der Waals surface area contributed by atoms with Crippen molar-refractivity contribution in [3.05, 3.63) is 88.0 Å². The first kappa shape index (κ1) is 34.7. The van der Waals surface area contributed by atoms with Gasteiger partial charge in [-0.3, -0.25) is 4.90 Å². The van der Waals surface area contributed by atoms with E-state index in [1.165, 1.54) is 18.0 Å². The van der Waals surface area contributed by atoms with Crippen molar-refractivity contribution in [1.29, 1.82) is 0 Å². The Morgan fingerprint density at radius 2 is 1.48 bits per heavy atom. The fraction of sp³-hybridized carbons (Fsp3) is 0.448. The number of tetrazole rings is 1. The average molecular weight is 663 g/mol. The van der Waals surface area contributed by atoms with Crippen LogP contribution in [0.1, 0.15) is 58.6 Å². The molecule has 46 heavy (non-hydrogen) atoms. The van der Waals surface area contributed by atoms with Gasteiger partial charge in [-0.25, -0.2) is 4.98 Å². The molecule has 0 N–H and O–H groups in total. The van der Waals surface area contributed by atoms with Crippen LogP contribution < -0.4 is 4.90 Å². The van der Waals surface area contributed by atoms with Gasteiger partial charge in [0.1, 0.15) is 5.82 Å². The van der Waals surface area contributed by atoms with E-state index >= 15 is 0 Å². The van der Waals surface area contributed by atoms with Gasteiger partial charge in [0.05, 0.1) is 23.7 Å². The number of anilines is 1. The van der Waals surface area contributed by atoms with E-state index in [9.17, 15) is 39.5 Å².